The Labute approximate surface area is 211 Å². The number of aromatic nitrogens is 3. The normalized spacial score (nSPS) is 18.0. The van der Waals surface area contributed by atoms with Crippen LogP contribution in [-0.2, 0) is 9.59 Å². The molecule has 1 saturated heterocycles. The average molecular weight is 503 g/mol. The van der Waals surface area contributed by atoms with E-state index < -0.39 is 11.8 Å². The summed E-state index contributed by atoms with van der Waals surface area (Å²) in [6.07, 6.45) is 3.51. The number of hydrogen-bond acceptors (Lipinski definition) is 8. The summed E-state index contributed by atoms with van der Waals surface area (Å²) < 4.78 is 0. The predicted molar refractivity (Wildman–Crippen MR) is 141 cm³/mol. The number of carbonyl (C=O) groups excluding carboxylic acids is 2. The van der Waals surface area contributed by atoms with Crippen molar-refractivity contribution in [1.82, 2.24) is 25.6 Å². The number of amides is 2. The van der Waals surface area contributed by atoms with Gasteiger partial charge in [-0.3, -0.25) is 14.9 Å². The summed E-state index contributed by atoms with van der Waals surface area (Å²) in [6.45, 7) is 4.30. The number of benzene rings is 1. The van der Waals surface area contributed by atoms with E-state index in [0.717, 1.165) is 47.1 Å². The molecule has 0 bridgehead atoms. The zero-order valence-corrected chi connectivity index (χ0v) is 20.6. The second kappa shape index (κ2) is 8.81. The van der Waals surface area contributed by atoms with Crippen molar-refractivity contribution in [3.63, 3.8) is 0 Å². The Kier molecular flexibility index (Phi) is 5.59. The number of anilines is 1. The number of nitrogens with one attached hydrogen (secondary N) is 3. The fourth-order valence-corrected chi connectivity index (χ4v) is 5.90. The van der Waals surface area contributed by atoms with Crippen molar-refractivity contribution in [1.29, 1.82) is 0 Å². The Morgan fingerprint density at radius 1 is 1.08 bits per heavy atom. The molecule has 36 heavy (non-hydrogen) atoms. The largest absolute Gasteiger partial charge is 0.395 e. The van der Waals surface area contributed by atoms with Crippen molar-refractivity contribution in [3.8, 4) is 0 Å². The van der Waals surface area contributed by atoms with Gasteiger partial charge in [0, 0.05) is 47.7 Å². The van der Waals surface area contributed by atoms with Crippen LogP contribution >= 0.6 is 11.3 Å². The Balaban J connectivity index is 1.47. The average Bonchev–Trinajstić information content (AvgIpc) is 3.57. The van der Waals surface area contributed by atoms with Crippen LogP contribution in [0.2, 0.25) is 0 Å². The molecule has 0 spiro atoms. The topological polar surface area (TPSA) is 123 Å². The second-order valence-corrected chi connectivity index (χ2v) is 10.4. The molecule has 0 unspecified atom stereocenters. The SMILES string of the molecule is CC1(NCCO)CCN(c2nc(C3=C(c4c[nH]c5sccc45)C(=O)NC3=O)c3ccccc3n2)CC1. The van der Waals surface area contributed by atoms with E-state index >= 15 is 0 Å². The Hall–Kier alpha value is -3.60. The molecule has 4 aromatic rings. The highest BCUT2D eigenvalue weighted by atomic mass is 32.1. The van der Waals surface area contributed by atoms with Crippen molar-refractivity contribution in [2.45, 2.75) is 25.3 Å². The standard InChI is InChI=1S/C26H26N6O3S/c1-26(28-9-12-33)7-10-32(11-8-26)25-29-18-5-3-2-4-16(18)21(30-25)20-19(22(34)31-23(20)35)17-14-27-24-15(17)6-13-36-24/h2-6,13-14,27-28,33H,7-12H2,1H3,(H,31,34,35). The lowest BCUT2D eigenvalue weighted by atomic mass is 9.89. The minimum absolute atomic E-state index is 0.0629. The number of nitrogens with zero attached hydrogens (tertiary/aromatic N) is 3. The molecule has 2 aliphatic heterocycles. The van der Waals surface area contributed by atoms with Crippen LogP contribution in [0.5, 0.6) is 0 Å². The number of hydrogen-bond donors (Lipinski definition) is 4. The molecular formula is C26H26N6O3S. The van der Waals surface area contributed by atoms with E-state index in [4.69, 9.17) is 9.97 Å². The molecule has 2 aliphatic rings. The number of β-amino-alcohol motifs (C(OH)–C–C–N with tert-alkyl or cyclic N) is 1. The van der Waals surface area contributed by atoms with Crippen LogP contribution in [0.25, 0.3) is 32.3 Å². The van der Waals surface area contributed by atoms with Crippen molar-refractivity contribution in [3.05, 3.63) is 53.2 Å². The Bertz CT molecular complexity index is 1530. The van der Waals surface area contributed by atoms with Crippen LogP contribution in [0.3, 0.4) is 0 Å². The molecule has 0 aliphatic carbocycles. The van der Waals surface area contributed by atoms with E-state index in [1.165, 1.54) is 0 Å². The van der Waals surface area contributed by atoms with Gasteiger partial charge in [0.1, 0.15) is 4.83 Å². The fraction of sp³-hybridized carbons (Fsp3) is 0.308. The number of aromatic amines is 1. The molecule has 10 heteroatoms. The smallest absolute Gasteiger partial charge is 0.261 e. The summed E-state index contributed by atoms with van der Waals surface area (Å²) in [5, 5.41) is 18.7. The number of aliphatic hydroxyl groups is 1. The first-order valence-electron chi connectivity index (χ1n) is 12.0. The number of imide groups is 1. The van der Waals surface area contributed by atoms with E-state index in [1.807, 2.05) is 35.7 Å². The molecular weight excluding hydrogens is 476 g/mol. The summed E-state index contributed by atoms with van der Waals surface area (Å²) in [5.74, 6) is -0.328. The van der Waals surface area contributed by atoms with Gasteiger partial charge in [0.15, 0.2) is 0 Å². The zero-order valence-electron chi connectivity index (χ0n) is 19.8. The van der Waals surface area contributed by atoms with Crippen LogP contribution in [0.1, 0.15) is 31.0 Å². The van der Waals surface area contributed by atoms with E-state index in [9.17, 15) is 14.7 Å². The van der Waals surface area contributed by atoms with Crippen molar-refractivity contribution in [2.24, 2.45) is 0 Å². The number of para-hydroxylation sites is 1. The Morgan fingerprint density at radius 2 is 1.86 bits per heavy atom. The van der Waals surface area contributed by atoms with Crippen molar-refractivity contribution >= 4 is 61.4 Å². The molecule has 6 rings (SSSR count). The molecule has 1 aromatic carbocycles. The van der Waals surface area contributed by atoms with Gasteiger partial charge in [-0.25, -0.2) is 9.97 Å². The third-order valence-electron chi connectivity index (χ3n) is 7.15. The van der Waals surface area contributed by atoms with E-state index in [0.29, 0.717) is 29.3 Å². The number of carbonyl (C=O) groups is 2. The monoisotopic (exact) mass is 502 g/mol. The van der Waals surface area contributed by atoms with Crippen LogP contribution in [0.4, 0.5) is 5.95 Å². The van der Waals surface area contributed by atoms with Crippen LogP contribution in [0.15, 0.2) is 41.9 Å². The highest BCUT2D eigenvalue weighted by Crippen LogP contribution is 2.38. The van der Waals surface area contributed by atoms with Crippen molar-refractivity contribution in [2.75, 3.05) is 31.1 Å². The van der Waals surface area contributed by atoms with Gasteiger partial charge < -0.3 is 20.3 Å². The first-order chi connectivity index (χ1) is 17.5. The number of thiophene rings is 1. The van der Waals surface area contributed by atoms with Gasteiger partial charge in [-0.1, -0.05) is 18.2 Å². The lowest BCUT2D eigenvalue weighted by molar-refractivity contribution is -0.122. The summed E-state index contributed by atoms with van der Waals surface area (Å²) in [4.78, 5) is 42.2. The molecule has 184 valence electrons. The first-order valence-corrected chi connectivity index (χ1v) is 12.9. The number of fused-ring (bicyclic) bond motifs is 2. The third kappa shape index (κ3) is 3.78. The van der Waals surface area contributed by atoms with E-state index in [-0.39, 0.29) is 17.7 Å². The Morgan fingerprint density at radius 3 is 2.67 bits per heavy atom. The van der Waals surface area contributed by atoms with E-state index in [1.54, 1.807) is 17.5 Å². The lowest BCUT2D eigenvalue weighted by Crippen LogP contribution is -2.52. The molecule has 1 fully saturated rings. The van der Waals surface area contributed by atoms with Crippen LogP contribution < -0.4 is 15.5 Å². The van der Waals surface area contributed by atoms with Gasteiger partial charge in [0.2, 0.25) is 5.95 Å². The summed E-state index contributed by atoms with van der Waals surface area (Å²) in [6, 6.07) is 9.54. The molecule has 0 saturated carbocycles. The lowest BCUT2D eigenvalue weighted by Gasteiger charge is -2.40. The molecule has 2 amide bonds. The highest BCUT2D eigenvalue weighted by molar-refractivity contribution is 7.16. The maximum atomic E-state index is 13.2. The van der Waals surface area contributed by atoms with Gasteiger partial charge in [0.05, 0.1) is 29.0 Å². The minimum atomic E-state index is -0.450. The summed E-state index contributed by atoms with van der Waals surface area (Å²) in [7, 11) is 0. The number of rotatable bonds is 6. The predicted octanol–water partition coefficient (Wildman–Crippen LogP) is 2.68. The number of aliphatic hydroxyl groups excluding tert-OH is 1. The fourth-order valence-electron chi connectivity index (χ4n) is 5.12. The maximum Gasteiger partial charge on any atom is 0.261 e. The van der Waals surface area contributed by atoms with Gasteiger partial charge in [-0.05, 0) is 37.3 Å². The van der Waals surface area contributed by atoms with Gasteiger partial charge in [-0.2, -0.15) is 0 Å². The zero-order chi connectivity index (χ0) is 24.9. The highest BCUT2D eigenvalue weighted by Gasteiger charge is 2.36. The second-order valence-electron chi connectivity index (χ2n) is 9.49. The first kappa shape index (κ1) is 22.8. The molecule has 0 radical (unpaired) electrons. The maximum absolute atomic E-state index is 13.2. The molecule has 0 atom stereocenters. The van der Waals surface area contributed by atoms with Crippen LogP contribution in [-0.4, -0.2) is 63.7 Å². The number of piperidine rings is 1. The van der Waals surface area contributed by atoms with Gasteiger partial charge >= 0.3 is 0 Å². The molecule has 9 nitrogen and oxygen atoms in total. The third-order valence-corrected chi connectivity index (χ3v) is 7.99. The summed E-state index contributed by atoms with van der Waals surface area (Å²) >= 11 is 1.55. The summed E-state index contributed by atoms with van der Waals surface area (Å²) in [5.41, 5.74) is 2.42. The van der Waals surface area contributed by atoms with Crippen LogP contribution in [0, 0.1) is 0 Å². The van der Waals surface area contributed by atoms with Gasteiger partial charge in [0.25, 0.3) is 11.8 Å². The van der Waals surface area contributed by atoms with Crippen molar-refractivity contribution < 1.29 is 14.7 Å². The molecule has 4 N–H and O–H groups in total. The number of H-pyrrole nitrogens is 1. The van der Waals surface area contributed by atoms with Gasteiger partial charge in [-0.15, -0.1) is 11.3 Å². The van der Waals surface area contributed by atoms with E-state index in [2.05, 4.69) is 27.4 Å². The quantitative estimate of drug-likeness (QED) is 0.299. The molecule has 3 aromatic heterocycles. The minimum Gasteiger partial charge on any atom is -0.395 e. The molecule has 5 heterocycles.